The Morgan fingerprint density at radius 3 is 3.00 bits per heavy atom. The van der Waals surface area contributed by atoms with Crippen LogP contribution in [-0.4, -0.2) is 9.38 Å². The van der Waals surface area contributed by atoms with E-state index in [1.165, 1.54) is 0 Å². The van der Waals surface area contributed by atoms with Crippen LogP contribution in [0.25, 0.3) is 5.65 Å². The van der Waals surface area contributed by atoms with Crippen molar-refractivity contribution < 1.29 is 4.74 Å². The second-order valence-corrected chi connectivity index (χ2v) is 4.36. The van der Waals surface area contributed by atoms with E-state index in [2.05, 4.69) is 4.98 Å². The van der Waals surface area contributed by atoms with Gasteiger partial charge >= 0.3 is 0 Å². The molecule has 90 valence electrons. The topological polar surface area (TPSA) is 26.5 Å². The number of aromatic nitrogens is 2. The number of rotatable bonds is 3. The fraction of sp³-hybridized carbons (Fsp3) is 0.0714. The summed E-state index contributed by atoms with van der Waals surface area (Å²) in [6.45, 7) is 0.464. The molecule has 0 radical (unpaired) electrons. The maximum atomic E-state index is 5.90. The van der Waals surface area contributed by atoms with Gasteiger partial charge in [0.1, 0.15) is 18.0 Å². The molecule has 4 heteroatoms. The van der Waals surface area contributed by atoms with Crippen LogP contribution in [0, 0.1) is 0 Å². The van der Waals surface area contributed by atoms with E-state index < -0.39 is 0 Å². The van der Waals surface area contributed by atoms with Gasteiger partial charge in [-0.1, -0.05) is 23.7 Å². The van der Waals surface area contributed by atoms with Crippen molar-refractivity contribution in [1.82, 2.24) is 9.38 Å². The number of benzene rings is 1. The maximum absolute atomic E-state index is 5.90. The largest absolute Gasteiger partial charge is 0.487 e. The van der Waals surface area contributed by atoms with Crippen LogP contribution >= 0.6 is 11.6 Å². The number of nitrogens with zero attached hydrogens (tertiary/aromatic N) is 2. The second kappa shape index (κ2) is 4.70. The third-order valence-corrected chi connectivity index (χ3v) is 2.91. The molecule has 3 nitrogen and oxygen atoms in total. The van der Waals surface area contributed by atoms with Gasteiger partial charge in [-0.2, -0.15) is 0 Å². The Kier molecular flexibility index (Phi) is 2.90. The van der Waals surface area contributed by atoms with E-state index in [0.717, 1.165) is 17.1 Å². The summed E-state index contributed by atoms with van der Waals surface area (Å²) in [4.78, 5) is 4.31. The normalized spacial score (nSPS) is 10.7. The third kappa shape index (κ3) is 2.17. The van der Waals surface area contributed by atoms with Gasteiger partial charge in [0.2, 0.25) is 0 Å². The van der Waals surface area contributed by atoms with Crippen molar-refractivity contribution in [2.75, 3.05) is 0 Å². The van der Waals surface area contributed by atoms with E-state index in [-0.39, 0.29) is 0 Å². The Labute approximate surface area is 110 Å². The van der Waals surface area contributed by atoms with Crippen LogP contribution in [0.3, 0.4) is 0 Å². The lowest BCUT2D eigenvalue weighted by atomic mass is 10.3. The summed E-state index contributed by atoms with van der Waals surface area (Å²) in [6, 6.07) is 13.3. The molecule has 0 aliphatic rings. The second-order valence-electron chi connectivity index (χ2n) is 3.92. The van der Waals surface area contributed by atoms with Gasteiger partial charge in [-0.3, -0.25) is 0 Å². The highest BCUT2D eigenvalue weighted by Crippen LogP contribution is 2.18. The van der Waals surface area contributed by atoms with Crippen LogP contribution < -0.4 is 4.74 Å². The predicted octanol–water partition coefficient (Wildman–Crippen LogP) is 3.57. The molecule has 0 unspecified atom stereocenters. The van der Waals surface area contributed by atoms with Crippen LogP contribution in [0.4, 0.5) is 0 Å². The summed E-state index contributed by atoms with van der Waals surface area (Å²) in [6.07, 6.45) is 3.79. The molecule has 0 N–H and O–H groups in total. The molecule has 0 aliphatic heterocycles. The molecular weight excluding hydrogens is 248 g/mol. The van der Waals surface area contributed by atoms with Crippen molar-refractivity contribution in [2.24, 2.45) is 0 Å². The lowest BCUT2D eigenvalue weighted by Gasteiger charge is -2.06. The van der Waals surface area contributed by atoms with E-state index in [1.54, 1.807) is 6.07 Å². The Hall–Kier alpha value is -2.00. The molecule has 0 fully saturated rings. The maximum Gasteiger partial charge on any atom is 0.136 e. The molecule has 3 rings (SSSR count). The Morgan fingerprint density at radius 2 is 2.11 bits per heavy atom. The number of halogens is 1. The molecule has 0 amide bonds. The van der Waals surface area contributed by atoms with Crippen molar-refractivity contribution in [3.8, 4) is 5.75 Å². The molecule has 3 aromatic rings. The Bertz CT molecular complexity index is 678. The van der Waals surface area contributed by atoms with Gasteiger partial charge in [0.15, 0.2) is 0 Å². The standard InChI is InChI=1S/C14H11ClN2O/c15-11-4-3-5-13(8-11)18-10-12-9-16-14-6-1-2-7-17(12)14/h1-9H,10H2. The molecule has 0 spiro atoms. The van der Waals surface area contributed by atoms with E-state index in [1.807, 2.05) is 53.2 Å². The zero-order valence-corrected chi connectivity index (χ0v) is 10.3. The fourth-order valence-corrected chi connectivity index (χ4v) is 1.99. The highest BCUT2D eigenvalue weighted by Gasteiger charge is 2.03. The fourth-order valence-electron chi connectivity index (χ4n) is 1.81. The van der Waals surface area contributed by atoms with Crippen LogP contribution in [0.2, 0.25) is 5.02 Å². The summed E-state index contributed by atoms with van der Waals surface area (Å²) in [7, 11) is 0. The summed E-state index contributed by atoms with van der Waals surface area (Å²) < 4.78 is 7.70. The smallest absolute Gasteiger partial charge is 0.136 e. The average Bonchev–Trinajstić information content (AvgIpc) is 2.80. The van der Waals surface area contributed by atoms with Gasteiger partial charge in [0.25, 0.3) is 0 Å². The first-order valence-electron chi connectivity index (χ1n) is 5.62. The number of imidazole rings is 1. The summed E-state index contributed by atoms with van der Waals surface area (Å²) in [5, 5.41) is 0.672. The lowest BCUT2D eigenvalue weighted by molar-refractivity contribution is 0.300. The number of pyridine rings is 1. The summed E-state index contributed by atoms with van der Waals surface area (Å²) in [5.41, 5.74) is 1.92. The molecule has 0 atom stereocenters. The Balaban J connectivity index is 1.81. The number of hydrogen-bond donors (Lipinski definition) is 0. The molecule has 0 saturated heterocycles. The summed E-state index contributed by atoms with van der Waals surface area (Å²) in [5.74, 6) is 0.758. The molecular formula is C14H11ClN2O. The molecule has 18 heavy (non-hydrogen) atoms. The first-order chi connectivity index (χ1) is 8.83. The van der Waals surface area contributed by atoms with E-state index in [0.29, 0.717) is 11.6 Å². The molecule has 2 heterocycles. The van der Waals surface area contributed by atoms with E-state index in [9.17, 15) is 0 Å². The SMILES string of the molecule is Clc1cccc(OCc2cnc3ccccn23)c1. The van der Waals surface area contributed by atoms with E-state index in [4.69, 9.17) is 16.3 Å². The number of ether oxygens (including phenoxy) is 1. The van der Waals surface area contributed by atoms with Crippen molar-refractivity contribution >= 4 is 17.2 Å². The minimum atomic E-state index is 0.464. The molecule has 0 aliphatic carbocycles. The van der Waals surface area contributed by atoms with Crippen molar-refractivity contribution in [2.45, 2.75) is 6.61 Å². The van der Waals surface area contributed by atoms with Gasteiger partial charge in [-0.05, 0) is 30.3 Å². The zero-order valence-electron chi connectivity index (χ0n) is 9.58. The molecule has 0 saturated carbocycles. The van der Waals surface area contributed by atoms with Gasteiger partial charge in [0.05, 0.1) is 11.9 Å². The van der Waals surface area contributed by atoms with Crippen LogP contribution in [-0.2, 0) is 6.61 Å². The van der Waals surface area contributed by atoms with Gasteiger partial charge in [0, 0.05) is 11.2 Å². The highest BCUT2D eigenvalue weighted by atomic mass is 35.5. The van der Waals surface area contributed by atoms with Crippen LogP contribution in [0.5, 0.6) is 5.75 Å². The van der Waals surface area contributed by atoms with Gasteiger partial charge in [-0.25, -0.2) is 4.98 Å². The van der Waals surface area contributed by atoms with E-state index >= 15 is 0 Å². The first kappa shape index (κ1) is 11.1. The number of fused-ring (bicyclic) bond motifs is 1. The summed E-state index contributed by atoms with van der Waals surface area (Å²) >= 11 is 5.90. The van der Waals surface area contributed by atoms with Crippen molar-refractivity contribution in [3.05, 3.63) is 65.6 Å². The van der Waals surface area contributed by atoms with Gasteiger partial charge in [-0.15, -0.1) is 0 Å². The van der Waals surface area contributed by atoms with Crippen LogP contribution in [0.1, 0.15) is 5.69 Å². The highest BCUT2D eigenvalue weighted by molar-refractivity contribution is 6.30. The molecule has 0 bridgehead atoms. The minimum Gasteiger partial charge on any atom is -0.487 e. The lowest BCUT2D eigenvalue weighted by Crippen LogP contribution is -1.99. The first-order valence-corrected chi connectivity index (χ1v) is 6.00. The van der Waals surface area contributed by atoms with Crippen molar-refractivity contribution in [1.29, 1.82) is 0 Å². The van der Waals surface area contributed by atoms with Gasteiger partial charge < -0.3 is 9.14 Å². The van der Waals surface area contributed by atoms with Crippen molar-refractivity contribution in [3.63, 3.8) is 0 Å². The number of hydrogen-bond acceptors (Lipinski definition) is 2. The Morgan fingerprint density at radius 1 is 1.17 bits per heavy atom. The third-order valence-electron chi connectivity index (χ3n) is 2.68. The minimum absolute atomic E-state index is 0.464. The monoisotopic (exact) mass is 258 g/mol. The molecule has 1 aromatic carbocycles. The predicted molar refractivity (Wildman–Crippen MR) is 71.0 cm³/mol. The zero-order chi connectivity index (χ0) is 12.4. The average molecular weight is 259 g/mol. The van der Waals surface area contributed by atoms with Crippen LogP contribution in [0.15, 0.2) is 54.9 Å². The quantitative estimate of drug-likeness (QED) is 0.718. The molecule has 2 aromatic heterocycles.